The molecule has 1 unspecified atom stereocenters. The molecule has 0 aliphatic carbocycles. The quantitative estimate of drug-likeness (QED) is 0.0200. The Labute approximate surface area is 390 Å². The van der Waals surface area contributed by atoms with E-state index in [1.165, 1.54) is 19.3 Å². The maximum Gasteiger partial charge on any atom is 0.306 e. The molecule has 0 saturated carbocycles. The molecule has 1 atom stereocenters. The van der Waals surface area contributed by atoms with Gasteiger partial charge in [-0.25, -0.2) is 0 Å². The Hall–Kier alpha value is -4.97. The molecule has 0 spiro atoms. The highest BCUT2D eigenvalue weighted by molar-refractivity contribution is 5.71. The van der Waals surface area contributed by atoms with Crippen LogP contribution in [-0.4, -0.2) is 37.2 Å². The molecule has 0 aromatic carbocycles. The first-order valence-electron chi connectivity index (χ1n) is 24.6. The average molecular weight is 879 g/mol. The molecule has 0 aliphatic heterocycles. The molecule has 0 amide bonds. The summed E-state index contributed by atoms with van der Waals surface area (Å²) in [6.45, 7) is 6.10. The number of allylic oxidation sites excluding steroid dienone is 26. The van der Waals surface area contributed by atoms with Gasteiger partial charge >= 0.3 is 17.9 Å². The summed E-state index contributed by atoms with van der Waals surface area (Å²) >= 11 is 0. The predicted octanol–water partition coefficient (Wildman–Crippen LogP) is 16.2. The van der Waals surface area contributed by atoms with E-state index in [-0.39, 0.29) is 50.4 Å². The van der Waals surface area contributed by atoms with Gasteiger partial charge in [-0.3, -0.25) is 14.4 Å². The van der Waals surface area contributed by atoms with E-state index >= 15 is 0 Å². The monoisotopic (exact) mass is 879 g/mol. The second kappa shape index (κ2) is 50.7. The zero-order valence-electron chi connectivity index (χ0n) is 40.2. The lowest BCUT2D eigenvalue weighted by Crippen LogP contribution is -2.30. The smallest absolute Gasteiger partial charge is 0.306 e. The van der Waals surface area contributed by atoms with Crippen LogP contribution in [0.5, 0.6) is 0 Å². The van der Waals surface area contributed by atoms with Crippen molar-refractivity contribution in [2.75, 3.05) is 13.2 Å². The van der Waals surface area contributed by atoms with Gasteiger partial charge in [-0.05, 0) is 96.3 Å². The average Bonchev–Trinajstić information content (AvgIpc) is 3.29. The molecule has 0 bridgehead atoms. The molecule has 0 heterocycles. The number of hydrogen-bond donors (Lipinski definition) is 0. The van der Waals surface area contributed by atoms with Crippen LogP contribution < -0.4 is 0 Å². The highest BCUT2D eigenvalue weighted by Gasteiger charge is 2.19. The maximum absolute atomic E-state index is 12.8. The van der Waals surface area contributed by atoms with Crippen molar-refractivity contribution in [1.29, 1.82) is 0 Å². The normalized spacial score (nSPS) is 13.5. The van der Waals surface area contributed by atoms with Crippen LogP contribution in [0.2, 0.25) is 0 Å². The van der Waals surface area contributed by atoms with Crippen LogP contribution in [0.4, 0.5) is 0 Å². The van der Waals surface area contributed by atoms with Gasteiger partial charge in [0.25, 0.3) is 0 Å². The van der Waals surface area contributed by atoms with Crippen molar-refractivity contribution in [3.05, 3.63) is 158 Å². The fraction of sp³-hybridized carbons (Fsp3) is 0.500. The van der Waals surface area contributed by atoms with E-state index < -0.39 is 6.10 Å². The largest absolute Gasteiger partial charge is 0.462 e. The van der Waals surface area contributed by atoms with Crippen molar-refractivity contribution >= 4 is 17.9 Å². The van der Waals surface area contributed by atoms with Crippen LogP contribution in [-0.2, 0) is 28.6 Å². The van der Waals surface area contributed by atoms with Crippen LogP contribution in [0.25, 0.3) is 0 Å². The van der Waals surface area contributed by atoms with Gasteiger partial charge in [0.05, 0.1) is 0 Å². The summed E-state index contributed by atoms with van der Waals surface area (Å²) < 4.78 is 16.6. The summed E-state index contributed by atoms with van der Waals surface area (Å²) in [5.74, 6) is -1.13. The Balaban J connectivity index is 4.64. The molecule has 0 aliphatic rings. The third kappa shape index (κ3) is 48.1. The Kier molecular flexibility index (Phi) is 46.7. The molecular formula is C58H86O6. The SMILES string of the molecule is CC\C=C/C=C\C=C/C=C\C=C/CCCC(=O)OCC(COC(=O)CC/C=C\C/C=C\C/C=C\C/C=C\C/C=C\C/C=C\CC)OC(=O)CCCCCCCCC/C=C\C/C=C\CC. The summed E-state index contributed by atoms with van der Waals surface area (Å²) in [4.78, 5) is 37.9. The molecule has 6 nitrogen and oxygen atoms in total. The molecule has 6 heteroatoms. The van der Waals surface area contributed by atoms with Crippen LogP contribution >= 0.6 is 0 Å². The van der Waals surface area contributed by atoms with Crippen LogP contribution in [0.3, 0.4) is 0 Å². The van der Waals surface area contributed by atoms with Crippen molar-refractivity contribution in [2.24, 2.45) is 0 Å². The summed E-state index contributed by atoms with van der Waals surface area (Å²) in [6, 6.07) is 0. The van der Waals surface area contributed by atoms with Gasteiger partial charge < -0.3 is 14.2 Å². The minimum absolute atomic E-state index is 0.150. The Morgan fingerprint density at radius 1 is 0.328 bits per heavy atom. The molecule has 0 N–H and O–H groups in total. The Morgan fingerprint density at radius 3 is 1.19 bits per heavy atom. The summed E-state index contributed by atoms with van der Waals surface area (Å²) in [5.41, 5.74) is 0. The van der Waals surface area contributed by atoms with Gasteiger partial charge in [0.1, 0.15) is 13.2 Å². The van der Waals surface area contributed by atoms with E-state index in [1.807, 2.05) is 66.8 Å². The number of carbonyl (C=O) groups excluding carboxylic acids is 3. The van der Waals surface area contributed by atoms with Gasteiger partial charge in [-0.1, -0.05) is 211 Å². The molecule has 0 saturated heterocycles. The van der Waals surface area contributed by atoms with E-state index in [0.29, 0.717) is 12.8 Å². The zero-order chi connectivity index (χ0) is 46.5. The molecule has 64 heavy (non-hydrogen) atoms. The van der Waals surface area contributed by atoms with Crippen molar-refractivity contribution < 1.29 is 28.6 Å². The van der Waals surface area contributed by atoms with Crippen molar-refractivity contribution in [3.63, 3.8) is 0 Å². The molecule has 354 valence electrons. The topological polar surface area (TPSA) is 78.9 Å². The van der Waals surface area contributed by atoms with E-state index in [0.717, 1.165) is 96.3 Å². The molecule has 0 rings (SSSR count). The number of esters is 3. The highest BCUT2D eigenvalue weighted by atomic mass is 16.6. The number of hydrogen-bond acceptors (Lipinski definition) is 6. The summed E-state index contributed by atoms with van der Waals surface area (Å²) in [6.07, 6.45) is 73.9. The zero-order valence-corrected chi connectivity index (χ0v) is 40.2. The van der Waals surface area contributed by atoms with Crippen molar-refractivity contribution in [2.45, 2.75) is 175 Å². The lowest BCUT2D eigenvalue weighted by atomic mass is 10.1. The standard InChI is InChI=1S/C58H86O6/c1-4-7-10-13-16-19-22-25-27-28-29-30-31-34-36-39-42-45-48-51-57(60)63-54-55(53-62-56(59)50-47-44-41-38-35-32-24-21-18-15-12-9-6-3)64-58(61)52-49-46-43-40-37-33-26-23-20-17-14-11-8-5-2/h7-12,15-21,24-25,27,29-30,32,34-36,38,41-42,45,55H,4-6,13-14,22-23,26,28,31,33,37,39-40,43-44,46-54H2,1-3H3/b10-7-,11-8-,12-9-,18-15-,19-16-,20-17-,24-21-,27-25-,30-29-,35-32-,36-34-,41-38-,45-42-. The second-order valence-corrected chi connectivity index (χ2v) is 15.3. The Morgan fingerprint density at radius 2 is 0.688 bits per heavy atom. The molecule has 0 radical (unpaired) electrons. The number of rotatable bonds is 41. The van der Waals surface area contributed by atoms with Gasteiger partial charge in [0.2, 0.25) is 0 Å². The molecular weight excluding hydrogens is 793 g/mol. The first kappa shape index (κ1) is 59.0. The number of carbonyl (C=O) groups is 3. The first-order chi connectivity index (χ1) is 31.5. The minimum Gasteiger partial charge on any atom is -0.462 e. The summed E-state index contributed by atoms with van der Waals surface area (Å²) in [5, 5.41) is 0. The van der Waals surface area contributed by atoms with E-state index in [4.69, 9.17) is 14.2 Å². The van der Waals surface area contributed by atoms with Gasteiger partial charge in [0.15, 0.2) is 6.10 Å². The third-order valence-electron chi connectivity index (χ3n) is 9.40. The van der Waals surface area contributed by atoms with Gasteiger partial charge in [-0.2, -0.15) is 0 Å². The molecule has 0 aromatic rings. The predicted molar refractivity (Wildman–Crippen MR) is 274 cm³/mol. The van der Waals surface area contributed by atoms with Gasteiger partial charge in [-0.15, -0.1) is 0 Å². The lowest BCUT2D eigenvalue weighted by molar-refractivity contribution is -0.166. The van der Waals surface area contributed by atoms with Crippen LogP contribution in [0.15, 0.2) is 158 Å². The molecule has 0 aromatic heterocycles. The fourth-order valence-corrected chi connectivity index (χ4v) is 5.83. The fourth-order valence-electron chi connectivity index (χ4n) is 5.83. The minimum atomic E-state index is -0.849. The highest BCUT2D eigenvalue weighted by Crippen LogP contribution is 2.12. The van der Waals surface area contributed by atoms with Crippen LogP contribution in [0.1, 0.15) is 168 Å². The molecule has 0 fully saturated rings. The lowest BCUT2D eigenvalue weighted by Gasteiger charge is -2.18. The van der Waals surface area contributed by atoms with Crippen molar-refractivity contribution in [1.82, 2.24) is 0 Å². The van der Waals surface area contributed by atoms with Gasteiger partial charge in [0, 0.05) is 19.3 Å². The van der Waals surface area contributed by atoms with Crippen LogP contribution in [0, 0.1) is 0 Å². The number of ether oxygens (including phenoxy) is 3. The first-order valence-corrected chi connectivity index (χ1v) is 24.6. The number of unbranched alkanes of at least 4 members (excludes halogenated alkanes) is 8. The third-order valence-corrected chi connectivity index (χ3v) is 9.40. The van der Waals surface area contributed by atoms with Crippen molar-refractivity contribution in [3.8, 4) is 0 Å². The van der Waals surface area contributed by atoms with E-state index in [1.54, 1.807) is 0 Å². The Bertz CT molecular complexity index is 1520. The van der Waals surface area contributed by atoms with E-state index in [2.05, 4.69) is 112 Å². The maximum atomic E-state index is 12.8. The second-order valence-electron chi connectivity index (χ2n) is 15.3. The summed E-state index contributed by atoms with van der Waals surface area (Å²) in [7, 11) is 0. The van der Waals surface area contributed by atoms with E-state index in [9.17, 15) is 14.4 Å².